The number of hydrogen-bond donors (Lipinski definition) is 2. The first-order chi connectivity index (χ1) is 12.2. The number of furan rings is 1. The quantitative estimate of drug-likeness (QED) is 0.635. The van der Waals surface area contributed by atoms with E-state index in [1.165, 1.54) is 0 Å². The Morgan fingerprint density at radius 2 is 2.32 bits per heavy atom. The van der Waals surface area contributed by atoms with Crippen LogP contribution in [0.4, 0.5) is 0 Å². The molecule has 0 saturated carbocycles. The number of H-pyrrole nitrogens is 1. The maximum Gasteiger partial charge on any atom is 0.271 e. The molecular weight excluding hydrogens is 324 g/mol. The Morgan fingerprint density at radius 1 is 1.44 bits per heavy atom. The topological polar surface area (TPSA) is 111 Å². The highest BCUT2D eigenvalue weighted by atomic mass is 16.5. The molecule has 0 aliphatic carbocycles. The second-order valence-corrected chi connectivity index (χ2v) is 5.52. The van der Waals surface area contributed by atoms with Crippen molar-refractivity contribution in [2.24, 2.45) is 0 Å². The van der Waals surface area contributed by atoms with Gasteiger partial charge in [0.2, 0.25) is 0 Å². The highest BCUT2D eigenvalue weighted by Crippen LogP contribution is 2.20. The van der Waals surface area contributed by atoms with E-state index in [-0.39, 0.29) is 5.91 Å². The van der Waals surface area contributed by atoms with Crippen molar-refractivity contribution in [1.82, 2.24) is 30.3 Å². The van der Waals surface area contributed by atoms with Crippen LogP contribution >= 0.6 is 0 Å². The first kappa shape index (κ1) is 16.9. The Balaban J connectivity index is 1.53. The van der Waals surface area contributed by atoms with Crippen LogP contribution in [0.5, 0.6) is 0 Å². The molecule has 3 aromatic rings. The number of amides is 1. The fourth-order valence-electron chi connectivity index (χ4n) is 2.37. The Kier molecular flexibility index (Phi) is 5.24. The summed E-state index contributed by atoms with van der Waals surface area (Å²) in [4.78, 5) is 12.2. The zero-order chi connectivity index (χ0) is 17.6. The van der Waals surface area contributed by atoms with Crippen LogP contribution in [0.1, 0.15) is 22.1 Å². The van der Waals surface area contributed by atoms with Crippen molar-refractivity contribution in [2.45, 2.75) is 19.9 Å². The third-order valence-electron chi connectivity index (χ3n) is 3.68. The van der Waals surface area contributed by atoms with Gasteiger partial charge in [-0.05, 0) is 19.1 Å². The van der Waals surface area contributed by atoms with Gasteiger partial charge in [0.1, 0.15) is 23.6 Å². The van der Waals surface area contributed by atoms with E-state index in [0.29, 0.717) is 43.3 Å². The number of rotatable bonds is 8. The number of hydrogen-bond acceptors (Lipinski definition) is 6. The van der Waals surface area contributed by atoms with E-state index in [4.69, 9.17) is 9.15 Å². The molecule has 1 amide bonds. The van der Waals surface area contributed by atoms with Crippen molar-refractivity contribution >= 4 is 5.91 Å². The largest absolute Gasteiger partial charge is 0.460 e. The number of carbonyl (C=O) groups excluding carboxylic acids is 1. The smallest absolute Gasteiger partial charge is 0.271 e. The Hall–Kier alpha value is -2.94. The van der Waals surface area contributed by atoms with E-state index in [1.54, 1.807) is 19.5 Å². The number of carbonyl (C=O) groups is 1. The summed E-state index contributed by atoms with van der Waals surface area (Å²) >= 11 is 0. The van der Waals surface area contributed by atoms with Gasteiger partial charge in [0, 0.05) is 32.7 Å². The molecule has 9 heteroatoms. The fourth-order valence-corrected chi connectivity index (χ4v) is 2.37. The van der Waals surface area contributed by atoms with Gasteiger partial charge in [-0.1, -0.05) is 0 Å². The summed E-state index contributed by atoms with van der Waals surface area (Å²) in [5.74, 6) is 1.99. The number of nitrogens with one attached hydrogen (secondary N) is 2. The molecule has 25 heavy (non-hydrogen) atoms. The molecule has 0 radical (unpaired) electrons. The van der Waals surface area contributed by atoms with Crippen LogP contribution in [0, 0.1) is 6.92 Å². The van der Waals surface area contributed by atoms with Crippen molar-refractivity contribution in [1.29, 1.82) is 0 Å². The number of methoxy groups -OCH3 is 1. The molecule has 0 bridgehead atoms. The van der Waals surface area contributed by atoms with Gasteiger partial charge in [-0.15, -0.1) is 10.2 Å². The summed E-state index contributed by atoms with van der Waals surface area (Å²) < 4.78 is 12.5. The second-order valence-electron chi connectivity index (χ2n) is 5.52. The van der Waals surface area contributed by atoms with Gasteiger partial charge >= 0.3 is 0 Å². The van der Waals surface area contributed by atoms with Crippen LogP contribution in [0.25, 0.3) is 11.5 Å². The van der Waals surface area contributed by atoms with Crippen molar-refractivity contribution in [3.63, 3.8) is 0 Å². The molecule has 0 aliphatic rings. The summed E-state index contributed by atoms with van der Waals surface area (Å²) in [5.41, 5.74) is 0.975. The molecule has 0 atom stereocenters. The Labute approximate surface area is 144 Å². The maximum atomic E-state index is 12.2. The average Bonchev–Trinajstić information content (AvgIpc) is 3.33. The van der Waals surface area contributed by atoms with Gasteiger partial charge in [0.05, 0.1) is 6.61 Å². The van der Waals surface area contributed by atoms with E-state index in [9.17, 15) is 4.79 Å². The van der Waals surface area contributed by atoms with E-state index < -0.39 is 0 Å². The van der Waals surface area contributed by atoms with Crippen LogP contribution in [0.2, 0.25) is 0 Å². The first-order valence-electron chi connectivity index (χ1n) is 7.93. The monoisotopic (exact) mass is 344 g/mol. The van der Waals surface area contributed by atoms with Gasteiger partial charge in [0.25, 0.3) is 5.91 Å². The average molecular weight is 344 g/mol. The van der Waals surface area contributed by atoms with Gasteiger partial charge < -0.3 is 19.0 Å². The van der Waals surface area contributed by atoms with Gasteiger partial charge in [-0.2, -0.15) is 5.10 Å². The number of aryl methyl sites for hydroxylation is 1. The van der Waals surface area contributed by atoms with Crippen LogP contribution in [0.15, 0.2) is 28.9 Å². The lowest BCUT2D eigenvalue weighted by Crippen LogP contribution is -2.27. The minimum atomic E-state index is -0.256. The molecule has 0 aromatic carbocycles. The molecule has 3 heterocycles. The molecule has 0 saturated heterocycles. The Bertz CT molecular complexity index is 834. The molecule has 3 aromatic heterocycles. The molecule has 2 N–H and O–H groups in total. The first-order valence-corrected chi connectivity index (χ1v) is 7.93. The summed E-state index contributed by atoms with van der Waals surface area (Å²) in [6, 6.07) is 5.35. The van der Waals surface area contributed by atoms with Crippen LogP contribution in [0.3, 0.4) is 0 Å². The zero-order valence-electron chi connectivity index (χ0n) is 14.2. The predicted molar refractivity (Wildman–Crippen MR) is 89.0 cm³/mol. The summed E-state index contributed by atoms with van der Waals surface area (Å²) in [6.45, 7) is 3.56. The summed E-state index contributed by atoms with van der Waals surface area (Å²) in [6.07, 6.45) is 2.23. The zero-order valence-corrected chi connectivity index (χ0v) is 14.2. The highest BCUT2D eigenvalue weighted by Gasteiger charge is 2.13. The third-order valence-corrected chi connectivity index (χ3v) is 3.68. The fraction of sp³-hybridized carbons (Fsp3) is 0.375. The van der Waals surface area contributed by atoms with Crippen LogP contribution in [-0.2, 0) is 17.7 Å². The molecule has 3 rings (SSSR count). The summed E-state index contributed by atoms with van der Waals surface area (Å²) in [7, 11) is 1.65. The maximum absolute atomic E-state index is 12.2. The highest BCUT2D eigenvalue weighted by molar-refractivity contribution is 5.93. The lowest BCUT2D eigenvalue weighted by Gasteiger charge is -2.06. The number of ether oxygens (including phenoxy) is 1. The third kappa shape index (κ3) is 4.13. The number of aromatic amines is 1. The van der Waals surface area contributed by atoms with Crippen LogP contribution < -0.4 is 5.32 Å². The SMILES string of the molecule is COCCn1cnnc1CCNC(=O)c1cc(-c2ccc(C)o2)[nH]n1. The Morgan fingerprint density at radius 3 is 3.08 bits per heavy atom. The van der Waals surface area contributed by atoms with Gasteiger partial charge in [-0.3, -0.25) is 9.89 Å². The molecule has 0 fully saturated rings. The molecular formula is C16H20N6O3. The predicted octanol–water partition coefficient (Wildman–Crippen LogP) is 1.19. The molecule has 0 spiro atoms. The van der Waals surface area contributed by atoms with E-state index in [0.717, 1.165) is 11.6 Å². The minimum Gasteiger partial charge on any atom is -0.460 e. The normalized spacial score (nSPS) is 11.0. The number of nitrogens with zero attached hydrogens (tertiary/aromatic N) is 4. The molecule has 9 nitrogen and oxygen atoms in total. The van der Waals surface area contributed by atoms with E-state index >= 15 is 0 Å². The lowest BCUT2D eigenvalue weighted by molar-refractivity contribution is 0.0949. The van der Waals surface area contributed by atoms with E-state index in [1.807, 2.05) is 23.6 Å². The number of aromatic nitrogens is 5. The lowest BCUT2D eigenvalue weighted by atomic mass is 10.3. The van der Waals surface area contributed by atoms with Crippen LogP contribution in [-0.4, -0.2) is 51.1 Å². The minimum absolute atomic E-state index is 0.256. The van der Waals surface area contributed by atoms with Crippen molar-refractivity contribution in [3.8, 4) is 11.5 Å². The second kappa shape index (κ2) is 7.75. The van der Waals surface area contributed by atoms with Crippen molar-refractivity contribution in [2.75, 3.05) is 20.3 Å². The standard InChI is InChI=1S/C16H20N6O3/c1-11-3-4-14(25-11)12-9-13(20-19-12)16(23)17-6-5-15-21-18-10-22(15)7-8-24-2/h3-4,9-10H,5-8H2,1-2H3,(H,17,23)(H,19,20). The van der Waals surface area contributed by atoms with Gasteiger partial charge in [-0.25, -0.2) is 0 Å². The van der Waals surface area contributed by atoms with Crippen molar-refractivity contribution < 1.29 is 13.9 Å². The van der Waals surface area contributed by atoms with Gasteiger partial charge in [0.15, 0.2) is 11.5 Å². The summed E-state index contributed by atoms with van der Waals surface area (Å²) in [5, 5.41) is 17.6. The van der Waals surface area contributed by atoms with Crippen molar-refractivity contribution in [3.05, 3.63) is 41.8 Å². The van der Waals surface area contributed by atoms with E-state index in [2.05, 4.69) is 25.7 Å². The molecule has 0 unspecified atom stereocenters. The molecule has 0 aliphatic heterocycles. The molecule has 132 valence electrons.